The summed E-state index contributed by atoms with van der Waals surface area (Å²) in [6, 6.07) is 0. The summed E-state index contributed by atoms with van der Waals surface area (Å²) in [5.41, 5.74) is 0. The Morgan fingerprint density at radius 2 is 1.46 bits per heavy atom. The van der Waals surface area contributed by atoms with Gasteiger partial charge in [-0.25, -0.2) is 0 Å². The third kappa shape index (κ3) is 8.92. The van der Waals surface area contributed by atoms with E-state index >= 15 is 0 Å². The average molecular weight is 368 g/mol. The SMILES string of the molecule is CC(=O)NCCNC(=O)CCOCCNC(=O)CCN1C(=O)C=CC1=O. The van der Waals surface area contributed by atoms with Crippen molar-refractivity contribution in [1.82, 2.24) is 20.9 Å². The van der Waals surface area contributed by atoms with Crippen molar-refractivity contribution in [2.24, 2.45) is 0 Å². The van der Waals surface area contributed by atoms with E-state index in [1.54, 1.807) is 0 Å². The smallest absolute Gasteiger partial charge is 0.253 e. The molecule has 5 amide bonds. The summed E-state index contributed by atoms with van der Waals surface area (Å²) >= 11 is 0. The van der Waals surface area contributed by atoms with Crippen LogP contribution in [0, 0.1) is 0 Å². The molecule has 3 N–H and O–H groups in total. The van der Waals surface area contributed by atoms with Crippen LogP contribution < -0.4 is 16.0 Å². The topological polar surface area (TPSA) is 134 Å². The summed E-state index contributed by atoms with van der Waals surface area (Å²) in [5, 5.41) is 7.79. The normalized spacial score (nSPS) is 13.0. The lowest BCUT2D eigenvalue weighted by Crippen LogP contribution is -2.35. The summed E-state index contributed by atoms with van der Waals surface area (Å²) in [5.74, 6) is -1.47. The predicted molar refractivity (Wildman–Crippen MR) is 90.6 cm³/mol. The van der Waals surface area contributed by atoms with Crippen molar-refractivity contribution in [2.45, 2.75) is 19.8 Å². The van der Waals surface area contributed by atoms with Gasteiger partial charge in [-0.2, -0.15) is 0 Å². The van der Waals surface area contributed by atoms with Crippen LogP contribution in [0.4, 0.5) is 0 Å². The van der Waals surface area contributed by atoms with Crippen LogP contribution in [0.2, 0.25) is 0 Å². The Balaban J connectivity index is 1.95. The average Bonchev–Trinajstić information content (AvgIpc) is 2.91. The molecule has 10 heteroatoms. The van der Waals surface area contributed by atoms with E-state index in [0.29, 0.717) is 13.1 Å². The van der Waals surface area contributed by atoms with Crippen LogP contribution in [0.15, 0.2) is 12.2 Å². The molecule has 1 aliphatic rings. The fraction of sp³-hybridized carbons (Fsp3) is 0.562. The second kappa shape index (κ2) is 11.7. The maximum Gasteiger partial charge on any atom is 0.253 e. The Kier molecular flexibility index (Phi) is 9.62. The Hall–Kier alpha value is -2.75. The van der Waals surface area contributed by atoms with Crippen molar-refractivity contribution >= 4 is 29.5 Å². The van der Waals surface area contributed by atoms with Crippen LogP contribution in [0.5, 0.6) is 0 Å². The lowest BCUT2D eigenvalue weighted by molar-refractivity contribution is -0.137. The summed E-state index contributed by atoms with van der Waals surface area (Å²) in [6.07, 6.45) is 2.55. The van der Waals surface area contributed by atoms with E-state index in [0.717, 1.165) is 4.90 Å². The number of rotatable bonds is 12. The summed E-state index contributed by atoms with van der Waals surface area (Å²) in [4.78, 5) is 57.3. The second-order valence-corrected chi connectivity index (χ2v) is 5.46. The van der Waals surface area contributed by atoms with E-state index in [9.17, 15) is 24.0 Å². The van der Waals surface area contributed by atoms with Crippen LogP contribution in [-0.4, -0.2) is 73.8 Å². The lowest BCUT2D eigenvalue weighted by atomic mass is 10.3. The number of nitrogens with one attached hydrogen (secondary N) is 3. The summed E-state index contributed by atoms with van der Waals surface area (Å²) in [7, 11) is 0. The van der Waals surface area contributed by atoms with Gasteiger partial charge in [-0.05, 0) is 0 Å². The monoisotopic (exact) mass is 368 g/mol. The maximum absolute atomic E-state index is 11.6. The van der Waals surface area contributed by atoms with Crippen LogP contribution in [0.1, 0.15) is 19.8 Å². The standard InChI is InChI=1S/C16H24N4O6/c1-12(21)17-6-7-18-14(23)5-10-26-11-8-19-13(22)4-9-20-15(24)2-3-16(20)25/h2-3H,4-11H2,1H3,(H,17,21)(H,18,23)(H,19,22). The molecule has 0 aromatic carbocycles. The predicted octanol–water partition coefficient (Wildman–Crippen LogP) is -1.92. The molecule has 144 valence electrons. The van der Waals surface area contributed by atoms with Crippen molar-refractivity contribution in [3.8, 4) is 0 Å². The molecule has 0 spiro atoms. The molecule has 1 rings (SSSR count). The minimum absolute atomic E-state index is 0.0237. The zero-order valence-corrected chi connectivity index (χ0v) is 14.7. The third-order valence-corrected chi connectivity index (χ3v) is 3.33. The zero-order valence-electron chi connectivity index (χ0n) is 14.7. The minimum Gasteiger partial charge on any atom is -0.379 e. The molecule has 0 radical (unpaired) electrons. The van der Waals surface area contributed by atoms with Gasteiger partial charge in [0.15, 0.2) is 0 Å². The molecule has 26 heavy (non-hydrogen) atoms. The highest BCUT2D eigenvalue weighted by atomic mass is 16.5. The van der Waals surface area contributed by atoms with Gasteiger partial charge in [0, 0.05) is 58.1 Å². The first-order valence-corrected chi connectivity index (χ1v) is 8.29. The number of carbonyl (C=O) groups excluding carboxylic acids is 5. The molecular formula is C16H24N4O6. The van der Waals surface area contributed by atoms with Gasteiger partial charge in [0.25, 0.3) is 11.8 Å². The van der Waals surface area contributed by atoms with Gasteiger partial charge in [0.05, 0.1) is 13.2 Å². The van der Waals surface area contributed by atoms with Crippen molar-refractivity contribution in [3.05, 3.63) is 12.2 Å². The quantitative estimate of drug-likeness (QED) is 0.271. The van der Waals surface area contributed by atoms with Gasteiger partial charge in [-0.1, -0.05) is 0 Å². The lowest BCUT2D eigenvalue weighted by Gasteiger charge is -2.13. The zero-order chi connectivity index (χ0) is 19.4. The highest BCUT2D eigenvalue weighted by Gasteiger charge is 2.23. The fourth-order valence-electron chi connectivity index (χ4n) is 2.01. The first kappa shape index (κ1) is 21.3. The van der Waals surface area contributed by atoms with Crippen molar-refractivity contribution in [1.29, 1.82) is 0 Å². The molecule has 0 saturated carbocycles. The highest BCUT2D eigenvalue weighted by molar-refractivity contribution is 6.13. The van der Waals surface area contributed by atoms with E-state index in [1.165, 1.54) is 19.1 Å². The van der Waals surface area contributed by atoms with Gasteiger partial charge in [-0.15, -0.1) is 0 Å². The Labute approximate surface area is 151 Å². The van der Waals surface area contributed by atoms with E-state index in [2.05, 4.69) is 16.0 Å². The minimum atomic E-state index is -0.415. The number of hydrogen-bond acceptors (Lipinski definition) is 6. The Bertz CT molecular complexity index is 557. The number of hydrogen-bond donors (Lipinski definition) is 3. The van der Waals surface area contributed by atoms with Crippen molar-refractivity contribution < 1.29 is 28.7 Å². The second-order valence-electron chi connectivity index (χ2n) is 5.46. The third-order valence-electron chi connectivity index (χ3n) is 3.33. The molecular weight excluding hydrogens is 344 g/mol. The number of imide groups is 1. The Morgan fingerprint density at radius 3 is 2.12 bits per heavy atom. The van der Waals surface area contributed by atoms with Gasteiger partial charge in [-0.3, -0.25) is 28.9 Å². The number of carbonyl (C=O) groups is 5. The van der Waals surface area contributed by atoms with Gasteiger partial charge in [0.2, 0.25) is 17.7 Å². The maximum atomic E-state index is 11.6. The molecule has 0 aromatic rings. The van der Waals surface area contributed by atoms with Crippen molar-refractivity contribution in [2.75, 3.05) is 39.4 Å². The fourth-order valence-corrected chi connectivity index (χ4v) is 2.01. The molecule has 1 heterocycles. The summed E-state index contributed by atoms with van der Waals surface area (Å²) in [6.45, 7) is 2.89. The molecule has 1 aliphatic heterocycles. The number of nitrogens with zero attached hydrogens (tertiary/aromatic N) is 1. The number of ether oxygens (including phenoxy) is 1. The van der Waals surface area contributed by atoms with Gasteiger partial charge < -0.3 is 20.7 Å². The molecule has 0 fully saturated rings. The Morgan fingerprint density at radius 1 is 0.885 bits per heavy atom. The largest absolute Gasteiger partial charge is 0.379 e. The van der Waals surface area contributed by atoms with Gasteiger partial charge >= 0.3 is 0 Å². The molecule has 10 nitrogen and oxygen atoms in total. The van der Waals surface area contributed by atoms with Crippen LogP contribution in [-0.2, 0) is 28.7 Å². The molecule has 0 aliphatic carbocycles. The molecule has 0 saturated heterocycles. The van der Waals surface area contributed by atoms with E-state index in [-0.39, 0.29) is 56.9 Å². The van der Waals surface area contributed by atoms with Crippen LogP contribution in [0.25, 0.3) is 0 Å². The highest BCUT2D eigenvalue weighted by Crippen LogP contribution is 2.03. The summed E-state index contributed by atoms with van der Waals surface area (Å²) < 4.78 is 5.24. The van der Waals surface area contributed by atoms with Gasteiger partial charge in [0.1, 0.15) is 0 Å². The molecule has 0 bridgehead atoms. The first-order chi connectivity index (χ1) is 12.4. The van der Waals surface area contributed by atoms with Crippen molar-refractivity contribution in [3.63, 3.8) is 0 Å². The van der Waals surface area contributed by atoms with E-state index in [4.69, 9.17) is 4.74 Å². The van der Waals surface area contributed by atoms with E-state index in [1.807, 2.05) is 0 Å². The van der Waals surface area contributed by atoms with E-state index < -0.39 is 11.8 Å². The molecule has 0 atom stereocenters. The molecule has 0 aromatic heterocycles. The van der Waals surface area contributed by atoms with Crippen LogP contribution >= 0.6 is 0 Å². The first-order valence-electron chi connectivity index (χ1n) is 8.29. The molecule has 0 unspecified atom stereocenters. The number of amides is 5. The van der Waals surface area contributed by atoms with Crippen LogP contribution in [0.3, 0.4) is 0 Å².